The molecular weight excluding hydrogens is 114 g/mol. The van der Waals surface area contributed by atoms with Gasteiger partial charge in [-0.05, 0) is 0 Å². The minimum Gasteiger partial charge on any atom is -0.357 e. The molecule has 0 N–H and O–H groups in total. The SMILES string of the molecule is N#C/C=C\N1CC1C#N. The number of allylic oxidation sites excluding steroid dienone is 1. The van der Waals surface area contributed by atoms with Gasteiger partial charge in [0.1, 0.15) is 6.04 Å². The van der Waals surface area contributed by atoms with Gasteiger partial charge >= 0.3 is 0 Å². The fourth-order valence-electron chi connectivity index (χ4n) is 0.561. The van der Waals surface area contributed by atoms with E-state index in [0.717, 1.165) is 6.54 Å². The van der Waals surface area contributed by atoms with E-state index < -0.39 is 0 Å². The van der Waals surface area contributed by atoms with Crippen LogP contribution >= 0.6 is 0 Å². The molecule has 0 bridgehead atoms. The van der Waals surface area contributed by atoms with Gasteiger partial charge in [-0.25, -0.2) is 0 Å². The van der Waals surface area contributed by atoms with Gasteiger partial charge in [-0.3, -0.25) is 0 Å². The lowest BCUT2D eigenvalue weighted by molar-refractivity contribution is 0.734. The lowest BCUT2D eigenvalue weighted by Crippen LogP contribution is -1.86. The number of hydrogen-bond acceptors (Lipinski definition) is 3. The van der Waals surface area contributed by atoms with Crippen LogP contribution in [-0.2, 0) is 0 Å². The molecule has 1 aliphatic rings. The van der Waals surface area contributed by atoms with Crippen LogP contribution < -0.4 is 0 Å². The molecule has 0 aromatic heterocycles. The van der Waals surface area contributed by atoms with Crippen molar-refractivity contribution in [3.63, 3.8) is 0 Å². The number of hydrogen-bond donors (Lipinski definition) is 0. The van der Waals surface area contributed by atoms with Crippen LogP contribution in [-0.4, -0.2) is 17.5 Å². The summed E-state index contributed by atoms with van der Waals surface area (Å²) >= 11 is 0. The fourth-order valence-corrected chi connectivity index (χ4v) is 0.561. The molecule has 0 saturated carbocycles. The highest BCUT2D eigenvalue weighted by molar-refractivity contribution is 5.14. The Bertz CT molecular complexity index is 205. The summed E-state index contributed by atoms with van der Waals surface area (Å²) in [4.78, 5) is 1.79. The second-order valence-corrected chi connectivity index (χ2v) is 1.79. The first kappa shape index (κ1) is 5.65. The summed E-state index contributed by atoms with van der Waals surface area (Å²) in [7, 11) is 0. The van der Waals surface area contributed by atoms with E-state index >= 15 is 0 Å². The molecule has 1 aliphatic heterocycles. The van der Waals surface area contributed by atoms with E-state index in [1.807, 2.05) is 6.07 Å². The normalized spacial score (nSPS) is 23.3. The third-order valence-corrected chi connectivity index (χ3v) is 1.14. The Morgan fingerprint density at radius 3 is 2.78 bits per heavy atom. The maximum Gasteiger partial charge on any atom is 0.134 e. The van der Waals surface area contributed by atoms with E-state index in [-0.39, 0.29) is 6.04 Å². The third kappa shape index (κ3) is 1.20. The quantitative estimate of drug-likeness (QED) is 0.366. The second-order valence-electron chi connectivity index (χ2n) is 1.79. The summed E-state index contributed by atoms with van der Waals surface area (Å²) in [5, 5.41) is 16.3. The molecule has 3 heteroatoms. The molecule has 9 heavy (non-hydrogen) atoms. The van der Waals surface area contributed by atoms with E-state index in [9.17, 15) is 0 Å². The summed E-state index contributed by atoms with van der Waals surface area (Å²) in [5.41, 5.74) is 0. The van der Waals surface area contributed by atoms with Crippen LogP contribution in [0.4, 0.5) is 0 Å². The molecule has 3 nitrogen and oxygen atoms in total. The highest BCUT2D eigenvalue weighted by Gasteiger charge is 2.29. The van der Waals surface area contributed by atoms with Crippen LogP contribution in [0.25, 0.3) is 0 Å². The Morgan fingerprint density at radius 1 is 1.56 bits per heavy atom. The molecule has 0 amide bonds. The smallest absolute Gasteiger partial charge is 0.134 e. The van der Waals surface area contributed by atoms with Crippen LogP contribution in [0.2, 0.25) is 0 Å². The molecule has 0 radical (unpaired) electrons. The summed E-state index contributed by atoms with van der Waals surface area (Å²) in [6.07, 6.45) is 3.01. The molecule has 44 valence electrons. The van der Waals surface area contributed by atoms with Crippen molar-refractivity contribution < 1.29 is 0 Å². The minimum absolute atomic E-state index is 0.0228. The van der Waals surface area contributed by atoms with Gasteiger partial charge in [0.05, 0.1) is 18.7 Å². The van der Waals surface area contributed by atoms with Crippen molar-refractivity contribution in [3.05, 3.63) is 12.3 Å². The number of nitriles is 2. The average molecular weight is 119 g/mol. The molecule has 1 fully saturated rings. The first-order valence-electron chi connectivity index (χ1n) is 2.60. The third-order valence-electron chi connectivity index (χ3n) is 1.14. The molecule has 0 spiro atoms. The van der Waals surface area contributed by atoms with Crippen molar-refractivity contribution in [2.24, 2.45) is 0 Å². The van der Waals surface area contributed by atoms with Crippen molar-refractivity contribution in [1.82, 2.24) is 4.90 Å². The van der Waals surface area contributed by atoms with Gasteiger partial charge in [0.15, 0.2) is 0 Å². The minimum atomic E-state index is 0.0228. The zero-order valence-electron chi connectivity index (χ0n) is 4.78. The van der Waals surface area contributed by atoms with Gasteiger partial charge in [-0.15, -0.1) is 0 Å². The van der Waals surface area contributed by atoms with Gasteiger partial charge < -0.3 is 4.90 Å². The van der Waals surface area contributed by atoms with Gasteiger partial charge in [-0.1, -0.05) is 0 Å². The first-order valence-corrected chi connectivity index (χ1v) is 2.60. The Balaban J connectivity index is 2.31. The molecule has 1 unspecified atom stereocenters. The van der Waals surface area contributed by atoms with Crippen LogP contribution in [0.3, 0.4) is 0 Å². The zero-order valence-corrected chi connectivity index (χ0v) is 4.78. The molecule has 1 heterocycles. The van der Waals surface area contributed by atoms with E-state index in [0.29, 0.717) is 0 Å². The summed E-state index contributed by atoms with van der Waals surface area (Å²) < 4.78 is 0. The van der Waals surface area contributed by atoms with Crippen LogP contribution in [0.5, 0.6) is 0 Å². The van der Waals surface area contributed by atoms with E-state index in [4.69, 9.17) is 10.5 Å². The molecule has 0 aliphatic carbocycles. The van der Waals surface area contributed by atoms with E-state index in [1.54, 1.807) is 11.1 Å². The Labute approximate surface area is 53.4 Å². The van der Waals surface area contributed by atoms with Crippen LogP contribution in [0.15, 0.2) is 12.3 Å². The summed E-state index contributed by atoms with van der Waals surface area (Å²) in [6.45, 7) is 0.772. The van der Waals surface area contributed by atoms with E-state index in [1.165, 1.54) is 6.08 Å². The monoisotopic (exact) mass is 119 g/mol. The van der Waals surface area contributed by atoms with Crippen LogP contribution in [0.1, 0.15) is 0 Å². The summed E-state index contributed by atoms with van der Waals surface area (Å²) in [6, 6.07) is 3.94. The molecular formula is C6H5N3. The topological polar surface area (TPSA) is 50.6 Å². The lowest BCUT2D eigenvalue weighted by atomic mass is 10.5. The molecule has 0 aromatic rings. The highest BCUT2D eigenvalue weighted by atomic mass is 15.3. The standard InChI is InChI=1S/C6H5N3/c7-2-1-3-9-5-6(9)4-8/h1,3,6H,5H2/b3-1-. The lowest BCUT2D eigenvalue weighted by Gasteiger charge is -1.83. The van der Waals surface area contributed by atoms with Gasteiger partial charge in [0.2, 0.25) is 0 Å². The predicted octanol–water partition coefficient (Wildman–Crippen LogP) is 0.231. The summed E-state index contributed by atoms with van der Waals surface area (Å²) in [5.74, 6) is 0. The zero-order chi connectivity index (χ0) is 6.69. The van der Waals surface area contributed by atoms with E-state index in [2.05, 4.69) is 6.07 Å². The van der Waals surface area contributed by atoms with Crippen molar-refractivity contribution >= 4 is 0 Å². The number of rotatable bonds is 1. The Kier molecular flexibility index (Phi) is 1.38. The average Bonchev–Trinajstić information content (AvgIpc) is 2.62. The Morgan fingerprint density at radius 2 is 2.33 bits per heavy atom. The van der Waals surface area contributed by atoms with Crippen molar-refractivity contribution in [2.75, 3.05) is 6.54 Å². The van der Waals surface area contributed by atoms with Crippen LogP contribution in [0, 0.1) is 22.7 Å². The molecule has 1 atom stereocenters. The molecule has 0 aromatic carbocycles. The fraction of sp³-hybridized carbons (Fsp3) is 0.333. The van der Waals surface area contributed by atoms with Gasteiger partial charge in [0.25, 0.3) is 0 Å². The molecule has 1 rings (SSSR count). The maximum absolute atomic E-state index is 8.27. The van der Waals surface area contributed by atoms with Crippen molar-refractivity contribution in [1.29, 1.82) is 10.5 Å². The van der Waals surface area contributed by atoms with Crippen molar-refractivity contribution in [3.8, 4) is 12.1 Å². The van der Waals surface area contributed by atoms with Gasteiger partial charge in [0, 0.05) is 12.3 Å². The van der Waals surface area contributed by atoms with Gasteiger partial charge in [-0.2, -0.15) is 10.5 Å². The first-order chi connectivity index (χ1) is 4.38. The van der Waals surface area contributed by atoms with Crippen molar-refractivity contribution in [2.45, 2.75) is 6.04 Å². The Hall–Kier alpha value is -1.48. The predicted molar refractivity (Wildman–Crippen MR) is 30.9 cm³/mol. The number of nitrogens with zero attached hydrogens (tertiary/aromatic N) is 3. The molecule has 1 saturated heterocycles. The largest absolute Gasteiger partial charge is 0.357 e. The second kappa shape index (κ2) is 2.19. The highest BCUT2D eigenvalue weighted by Crippen LogP contribution is 2.15. The maximum atomic E-state index is 8.27.